The number of piperidine rings is 1. The Morgan fingerprint density at radius 2 is 1.22 bits per heavy atom. The van der Waals surface area contributed by atoms with Crippen molar-refractivity contribution in [3.63, 3.8) is 0 Å². The molecule has 4 rings (SSSR count). The second-order valence-corrected chi connectivity index (χ2v) is 12.9. The number of amides is 1. The fourth-order valence-corrected chi connectivity index (χ4v) is 7.27. The van der Waals surface area contributed by atoms with Crippen molar-refractivity contribution in [3.8, 4) is 0 Å². The van der Waals surface area contributed by atoms with Gasteiger partial charge in [0.2, 0.25) is 26.0 Å². The number of hydrogen-bond acceptors (Lipinski definition) is 6. The van der Waals surface area contributed by atoms with Crippen molar-refractivity contribution in [2.24, 2.45) is 0 Å². The SMILES string of the molecule is O=C(CCc1ccc(S(=O)(=O)N2CCCCC2)cc1)NCc1ccc(S(=O)(=O)N2CCOCC2)cc1. The molecule has 0 aromatic heterocycles. The van der Waals surface area contributed by atoms with Gasteiger partial charge in [-0.15, -0.1) is 0 Å². The predicted octanol–water partition coefficient (Wildman–Crippen LogP) is 2.13. The van der Waals surface area contributed by atoms with Crippen LogP contribution in [-0.2, 0) is 42.5 Å². The highest BCUT2D eigenvalue weighted by molar-refractivity contribution is 7.89. The summed E-state index contributed by atoms with van der Waals surface area (Å²) < 4.78 is 59.1. The Balaban J connectivity index is 1.25. The van der Waals surface area contributed by atoms with Gasteiger partial charge in [0.05, 0.1) is 23.0 Å². The van der Waals surface area contributed by atoms with Crippen LogP contribution in [0.2, 0.25) is 0 Å². The van der Waals surface area contributed by atoms with Crippen LogP contribution in [0.3, 0.4) is 0 Å². The van der Waals surface area contributed by atoms with E-state index in [9.17, 15) is 21.6 Å². The van der Waals surface area contributed by atoms with E-state index in [1.54, 1.807) is 52.8 Å². The Kier molecular flexibility index (Phi) is 8.78. The highest BCUT2D eigenvalue weighted by atomic mass is 32.2. The van der Waals surface area contributed by atoms with E-state index in [0.717, 1.165) is 30.4 Å². The summed E-state index contributed by atoms with van der Waals surface area (Å²) in [6.45, 7) is 2.90. The second-order valence-electron chi connectivity index (χ2n) is 9.05. The lowest BCUT2D eigenvalue weighted by molar-refractivity contribution is -0.121. The molecular formula is C25H33N3O6S2. The van der Waals surface area contributed by atoms with E-state index >= 15 is 0 Å². The Morgan fingerprint density at radius 3 is 1.78 bits per heavy atom. The molecule has 36 heavy (non-hydrogen) atoms. The maximum atomic E-state index is 12.8. The summed E-state index contributed by atoms with van der Waals surface area (Å²) in [5.41, 5.74) is 1.69. The van der Waals surface area contributed by atoms with E-state index in [-0.39, 0.29) is 22.1 Å². The van der Waals surface area contributed by atoms with Crippen LogP contribution in [0.1, 0.15) is 36.8 Å². The van der Waals surface area contributed by atoms with Gasteiger partial charge in [-0.1, -0.05) is 30.7 Å². The van der Waals surface area contributed by atoms with Crippen LogP contribution in [0.15, 0.2) is 58.3 Å². The first-order valence-electron chi connectivity index (χ1n) is 12.3. The lowest BCUT2D eigenvalue weighted by atomic mass is 10.1. The van der Waals surface area contributed by atoms with Crippen molar-refractivity contribution in [3.05, 3.63) is 59.7 Å². The quantitative estimate of drug-likeness (QED) is 0.526. The number of aryl methyl sites for hydroxylation is 1. The molecule has 9 nitrogen and oxygen atoms in total. The molecule has 2 fully saturated rings. The van der Waals surface area contributed by atoms with Gasteiger partial charge < -0.3 is 10.1 Å². The number of sulfonamides is 2. The molecule has 0 bridgehead atoms. The van der Waals surface area contributed by atoms with Gasteiger partial charge in [0.1, 0.15) is 0 Å². The number of rotatable bonds is 9. The molecule has 2 saturated heterocycles. The third-order valence-electron chi connectivity index (χ3n) is 6.54. The van der Waals surface area contributed by atoms with E-state index in [1.807, 2.05) is 0 Å². The Morgan fingerprint density at radius 1 is 0.722 bits per heavy atom. The van der Waals surface area contributed by atoms with Crippen LogP contribution < -0.4 is 5.32 Å². The highest BCUT2D eigenvalue weighted by Crippen LogP contribution is 2.21. The van der Waals surface area contributed by atoms with Crippen molar-refractivity contribution in [1.29, 1.82) is 0 Å². The fraction of sp³-hybridized carbons (Fsp3) is 0.480. The fourth-order valence-electron chi connectivity index (χ4n) is 4.34. The smallest absolute Gasteiger partial charge is 0.243 e. The molecule has 1 N–H and O–H groups in total. The van der Waals surface area contributed by atoms with Crippen LogP contribution in [0, 0.1) is 0 Å². The minimum absolute atomic E-state index is 0.134. The number of carbonyl (C=O) groups excluding carboxylic acids is 1. The van der Waals surface area contributed by atoms with Gasteiger partial charge in [-0.05, 0) is 54.7 Å². The average molecular weight is 536 g/mol. The predicted molar refractivity (Wildman–Crippen MR) is 135 cm³/mol. The first-order valence-corrected chi connectivity index (χ1v) is 15.2. The summed E-state index contributed by atoms with van der Waals surface area (Å²) in [6, 6.07) is 13.3. The molecule has 2 aromatic rings. The number of ether oxygens (including phenoxy) is 1. The monoisotopic (exact) mass is 535 g/mol. The minimum Gasteiger partial charge on any atom is -0.379 e. The van der Waals surface area contributed by atoms with Gasteiger partial charge in [-0.25, -0.2) is 16.8 Å². The summed E-state index contributed by atoms with van der Waals surface area (Å²) in [7, 11) is -7.00. The number of carbonyl (C=O) groups is 1. The van der Waals surface area contributed by atoms with Crippen molar-refractivity contribution >= 4 is 26.0 Å². The summed E-state index contributed by atoms with van der Waals surface area (Å²) in [5, 5.41) is 2.85. The molecule has 11 heteroatoms. The normalized spacial score (nSPS) is 18.1. The van der Waals surface area contributed by atoms with E-state index in [4.69, 9.17) is 4.74 Å². The summed E-state index contributed by atoms with van der Waals surface area (Å²) >= 11 is 0. The Labute approximate surface area is 213 Å². The minimum atomic E-state index is -3.54. The molecule has 0 unspecified atom stereocenters. The lowest BCUT2D eigenvalue weighted by Gasteiger charge is -2.26. The molecule has 0 atom stereocenters. The second kappa shape index (κ2) is 11.8. The van der Waals surface area contributed by atoms with E-state index in [1.165, 1.54) is 4.31 Å². The molecule has 0 spiro atoms. The molecule has 2 heterocycles. The molecule has 0 aliphatic carbocycles. The molecule has 0 radical (unpaired) electrons. The Bertz CT molecular complexity index is 1140. The zero-order valence-electron chi connectivity index (χ0n) is 20.3. The third-order valence-corrected chi connectivity index (χ3v) is 10.4. The van der Waals surface area contributed by atoms with Crippen molar-refractivity contribution < 1.29 is 26.4 Å². The van der Waals surface area contributed by atoms with Crippen LogP contribution in [-0.4, -0.2) is 70.7 Å². The standard InChI is InChI=1S/C25H33N3O6S2/c29-25(13-8-21-4-9-23(10-5-21)35(30,31)27-14-2-1-3-15-27)26-20-22-6-11-24(12-7-22)36(32,33)28-16-18-34-19-17-28/h4-7,9-12H,1-3,8,13-20H2,(H,26,29). The topological polar surface area (TPSA) is 113 Å². The maximum absolute atomic E-state index is 12.8. The molecule has 0 saturated carbocycles. The van der Waals surface area contributed by atoms with Gasteiger partial charge in [0.15, 0.2) is 0 Å². The van der Waals surface area contributed by atoms with Gasteiger partial charge in [0, 0.05) is 39.1 Å². The maximum Gasteiger partial charge on any atom is 0.243 e. The van der Waals surface area contributed by atoms with Gasteiger partial charge in [0.25, 0.3) is 0 Å². The van der Waals surface area contributed by atoms with Crippen LogP contribution in [0.5, 0.6) is 0 Å². The zero-order chi connectivity index (χ0) is 25.6. The third kappa shape index (κ3) is 6.51. The number of nitrogens with one attached hydrogen (secondary N) is 1. The van der Waals surface area contributed by atoms with Crippen LogP contribution in [0.25, 0.3) is 0 Å². The summed E-state index contributed by atoms with van der Waals surface area (Å²) in [4.78, 5) is 12.8. The first kappa shape index (κ1) is 26.7. The Hall–Kier alpha value is -2.31. The first-order chi connectivity index (χ1) is 17.3. The molecule has 2 aliphatic rings. The number of nitrogens with zero attached hydrogens (tertiary/aromatic N) is 2. The van der Waals surface area contributed by atoms with Crippen molar-refractivity contribution in [2.75, 3.05) is 39.4 Å². The van der Waals surface area contributed by atoms with Gasteiger partial charge in [-0.2, -0.15) is 8.61 Å². The molecular weight excluding hydrogens is 502 g/mol. The average Bonchev–Trinajstić information content (AvgIpc) is 2.92. The van der Waals surface area contributed by atoms with Crippen LogP contribution in [0.4, 0.5) is 0 Å². The number of hydrogen-bond donors (Lipinski definition) is 1. The summed E-state index contributed by atoms with van der Waals surface area (Å²) in [6.07, 6.45) is 3.61. The molecule has 1 amide bonds. The number of benzene rings is 2. The zero-order valence-corrected chi connectivity index (χ0v) is 21.9. The number of morpholine rings is 1. The summed E-state index contributed by atoms with van der Waals surface area (Å²) in [5.74, 6) is -0.134. The van der Waals surface area contributed by atoms with Crippen LogP contribution >= 0.6 is 0 Å². The molecule has 196 valence electrons. The van der Waals surface area contributed by atoms with Gasteiger partial charge >= 0.3 is 0 Å². The van der Waals surface area contributed by atoms with E-state index < -0.39 is 20.0 Å². The van der Waals surface area contributed by atoms with Crippen molar-refractivity contribution in [1.82, 2.24) is 13.9 Å². The lowest BCUT2D eigenvalue weighted by Crippen LogP contribution is -2.40. The molecule has 2 aromatic carbocycles. The highest BCUT2D eigenvalue weighted by Gasteiger charge is 2.27. The van der Waals surface area contributed by atoms with Gasteiger partial charge in [-0.3, -0.25) is 4.79 Å². The van der Waals surface area contributed by atoms with E-state index in [0.29, 0.717) is 52.4 Å². The largest absolute Gasteiger partial charge is 0.379 e. The molecule has 2 aliphatic heterocycles. The van der Waals surface area contributed by atoms with Crippen molar-refractivity contribution in [2.45, 2.75) is 48.4 Å². The van der Waals surface area contributed by atoms with E-state index in [2.05, 4.69) is 5.32 Å².